The summed E-state index contributed by atoms with van der Waals surface area (Å²) < 4.78 is 4.68. The van der Waals surface area contributed by atoms with Gasteiger partial charge in [0.15, 0.2) is 0 Å². The molecule has 84 valence electrons. The van der Waals surface area contributed by atoms with Gasteiger partial charge in [-0.15, -0.1) is 0 Å². The van der Waals surface area contributed by atoms with Crippen LogP contribution in [-0.4, -0.2) is 23.1 Å². The number of aromatic nitrogens is 1. The van der Waals surface area contributed by atoms with E-state index in [0.29, 0.717) is 6.54 Å². The summed E-state index contributed by atoms with van der Waals surface area (Å²) in [5.41, 5.74) is 0.791. The van der Waals surface area contributed by atoms with Crippen molar-refractivity contribution in [1.82, 2.24) is 15.8 Å². The first-order valence-corrected chi connectivity index (χ1v) is 5.02. The molecule has 0 aliphatic heterocycles. The fourth-order valence-electron chi connectivity index (χ4n) is 1.09. The summed E-state index contributed by atoms with van der Waals surface area (Å²) in [5, 5.41) is 9.62. The van der Waals surface area contributed by atoms with Gasteiger partial charge >= 0.3 is 0 Å². The Bertz CT molecular complexity index is 296. The predicted molar refractivity (Wildman–Crippen MR) is 56.1 cm³/mol. The molecule has 0 aromatic carbocycles. The monoisotopic (exact) mass is 211 g/mol. The van der Waals surface area contributed by atoms with Gasteiger partial charge in [-0.3, -0.25) is 4.79 Å². The van der Waals surface area contributed by atoms with E-state index in [1.165, 1.54) is 6.26 Å². The van der Waals surface area contributed by atoms with Crippen LogP contribution >= 0.6 is 0 Å². The summed E-state index contributed by atoms with van der Waals surface area (Å²) in [7, 11) is 0. The Balaban J connectivity index is 2.29. The first kappa shape index (κ1) is 11.7. The Kier molecular flexibility index (Phi) is 4.30. The highest BCUT2D eigenvalue weighted by molar-refractivity contribution is 5.81. The predicted octanol–water partition coefficient (Wildman–Crippen LogP) is 0.677. The van der Waals surface area contributed by atoms with E-state index in [2.05, 4.69) is 20.3 Å². The van der Waals surface area contributed by atoms with E-state index >= 15 is 0 Å². The quantitative estimate of drug-likeness (QED) is 0.751. The van der Waals surface area contributed by atoms with Crippen LogP contribution in [0.5, 0.6) is 0 Å². The summed E-state index contributed by atoms with van der Waals surface area (Å²) in [6, 6.07) is 1.69. The van der Waals surface area contributed by atoms with Gasteiger partial charge < -0.3 is 15.2 Å². The van der Waals surface area contributed by atoms with Gasteiger partial charge in [0.05, 0.1) is 11.7 Å². The molecule has 1 aromatic heterocycles. The van der Waals surface area contributed by atoms with Gasteiger partial charge in [0.2, 0.25) is 5.91 Å². The third-order valence-corrected chi connectivity index (χ3v) is 1.90. The van der Waals surface area contributed by atoms with Crippen molar-refractivity contribution >= 4 is 5.91 Å². The maximum atomic E-state index is 11.5. The number of rotatable bonds is 5. The fourth-order valence-corrected chi connectivity index (χ4v) is 1.09. The number of carbonyl (C=O) groups is 1. The molecule has 1 rings (SSSR count). The van der Waals surface area contributed by atoms with Crippen molar-refractivity contribution in [2.45, 2.75) is 39.4 Å². The van der Waals surface area contributed by atoms with Crippen LogP contribution in [0, 0.1) is 0 Å². The second-order valence-corrected chi connectivity index (χ2v) is 3.76. The molecule has 0 saturated carbocycles. The van der Waals surface area contributed by atoms with E-state index in [1.54, 1.807) is 6.07 Å². The maximum absolute atomic E-state index is 11.5. The largest absolute Gasteiger partial charge is 0.364 e. The topological polar surface area (TPSA) is 67.2 Å². The van der Waals surface area contributed by atoms with Crippen molar-refractivity contribution in [3.05, 3.63) is 18.0 Å². The molecule has 1 aromatic rings. The molecule has 1 unspecified atom stereocenters. The van der Waals surface area contributed by atoms with Gasteiger partial charge in [-0.1, -0.05) is 5.16 Å². The van der Waals surface area contributed by atoms with Crippen molar-refractivity contribution in [3.63, 3.8) is 0 Å². The molecule has 5 heteroatoms. The van der Waals surface area contributed by atoms with Crippen molar-refractivity contribution in [3.8, 4) is 0 Å². The average Bonchev–Trinajstić information content (AvgIpc) is 2.65. The normalized spacial score (nSPS) is 12.8. The summed E-state index contributed by atoms with van der Waals surface area (Å²) in [6.45, 7) is 6.21. The lowest BCUT2D eigenvalue weighted by molar-refractivity contribution is -0.123. The Hall–Kier alpha value is -1.36. The van der Waals surface area contributed by atoms with Gasteiger partial charge in [-0.2, -0.15) is 0 Å². The van der Waals surface area contributed by atoms with Crippen LogP contribution in [0.15, 0.2) is 16.9 Å². The number of hydrogen-bond acceptors (Lipinski definition) is 4. The molecule has 0 spiro atoms. The number of nitrogens with zero attached hydrogens (tertiary/aromatic N) is 1. The molecule has 1 atom stereocenters. The first-order valence-electron chi connectivity index (χ1n) is 5.02. The average molecular weight is 211 g/mol. The lowest BCUT2D eigenvalue weighted by Crippen LogP contribution is -2.44. The summed E-state index contributed by atoms with van der Waals surface area (Å²) in [6.07, 6.45) is 1.51. The highest BCUT2D eigenvalue weighted by atomic mass is 16.5. The second-order valence-electron chi connectivity index (χ2n) is 3.76. The lowest BCUT2D eigenvalue weighted by atomic mass is 10.2. The molecular weight excluding hydrogens is 194 g/mol. The standard InChI is InChI=1S/C10H17N3O2/c1-7(2)12-10(14)8(3)11-6-9-4-5-15-13-9/h4-5,7-8,11H,6H2,1-3H3,(H,12,14). The van der Waals surface area contributed by atoms with Gasteiger partial charge in [0.1, 0.15) is 6.26 Å². The van der Waals surface area contributed by atoms with Crippen LogP contribution in [0.3, 0.4) is 0 Å². The van der Waals surface area contributed by atoms with Crippen molar-refractivity contribution < 1.29 is 9.32 Å². The van der Waals surface area contributed by atoms with Crippen molar-refractivity contribution in [2.75, 3.05) is 0 Å². The second kappa shape index (κ2) is 5.50. The minimum absolute atomic E-state index is 0.00602. The molecule has 0 bridgehead atoms. The van der Waals surface area contributed by atoms with Crippen molar-refractivity contribution in [1.29, 1.82) is 0 Å². The van der Waals surface area contributed by atoms with Crippen LogP contribution in [-0.2, 0) is 11.3 Å². The maximum Gasteiger partial charge on any atom is 0.237 e. The van der Waals surface area contributed by atoms with E-state index in [9.17, 15) is 4.79 Å². The van der Waals surface area contributed by atoms with E-state index in [-0.39, 0.29) is 18.0 Å². The molecule has 0 radical (unpaired) electrons. The Morgan fingerprint density at radius 3 is 2.80 bits per heavy atom. The van der Waals surface area contributed by atoms with E-state index in [1.807, 2.05) is 20.8 Å². The van der Waals surface area contributed by atoms with Gasteiger partial charge in [0, 0.05) is 18.7 Å². The highest BCUT2D eigenvalue weighted by Gasteiger charge is 2.12. The smallest absolute Gasteiger partial charge is 0.237 e. The minimum atomic E-state index is -0.232. The van der Waals surface area contributed by atoms with Crippen LogP contribution in [0.2, 0.25) is 0 Å². The first-order chi connectivity index (χ1) is 7.09. The van der Waals surface area contributed by atoms with E-state index in [0.717, 1.165) is 5.69 Å². The molecule has 0 aliphatic rings. The molecule has 1 amide bonds. The number of hydrogen-bond donors (Lipinski definition) is 2. The molecule has 0 saturated heterocycles. The van der Waals surface area contributed by atoms with Crippen LogP contribution in [0.4, 0.5) is 0 Å². The van der Waals surface area contributed by atoms with E-state index < -0.39 is 0 Å². The number of carbonyl (C=O) groups excluding carboxylic acids is 1. The third-order valence-electron chi connectivity index (χ3n) is 1.90. The summed E-state index contributed by atoms with van der Waals surface area (Å²) >= 11 is 0. The Labute approximate surface area is 89.2 Å². The zero-order chi connectivity index (χ0) is 11.3. The van der Waals surface area contributed by atoms with Gasteiger partial charge in [-0.05, 0) is 20.8 Å². The minimum Gasteiger partial charge on any atom is -0.364 e. The number of nitrogens with one attached hydrogen (secondary N) is 2. The summed E-state index contributed by atoms with van der Waals surface area (Å²) in [4.78, 5) is 11.5. The summed E-state index contributed by atoms with van der Waals surface area (Å²) in [5.74, 6) is -0.00602. The third kappa shape index (κ3) is 4.12. The lowest BCUT2D eigenvalue weighted by Gasteiger charge is -2.15. The van der Waals surface area contributed by atoms with Crippen LogP contribution in [0.1, 0.15) is 26.5 Å². The zero-order valence-electron chi connectivity index (χ0n) is 9.28. The highest BCUT2D eigenvalue weighted by Crippen LogP contribution is 1.94. The van der Waals surface area contributed by atoms with E-state index in [4.69, 9.17) is 0 Å². The Morgan fingerprint density at radius 1 is 1.53 bits per heavy atom. The van der Waals surface area contributed by atoms with Crippen LogP contribution in [0.25, 0.3) is 0 Å². The number of amides is 1. The zero-order valence-corrected chi connectivity index (χ0v) is 9.28. The van der Waals surface area contributed by atoms with Gasteiger partial charge in [0.25, 0.3) is 0 Å². The molecule has 1 heterocycles. The van der Waals surface area contributed by atoms with Crippen molar-refractivity contribution in [2.24, 2.45) is 0 Å². The molecule has 2 N–H and O–H groups in total. The van der Waals surface area contributed by atoms with Crippen LogP contribution < -0.4 is 10.6 Å². The molecule has 5 nitrogen and oxygen atoms in total. The Morgan fingerprint density at radius 2 is 2.27 bits per heavy atom. The molecule has 0 fully saturated rings. The molecule has 0 aliphatic carbocycles. The fraction of sp³-hybridized carbons (Fsp3) is 0.600. The van der Waals surface area contributed by atoms with Gasteiger partial charge in [-0.25, -0.2) is 0 Å². The molecule has 15 heavy (non-hydrogen) atoms. The SMILES string of the molecule is CC(C)NC(=O)C(C)NCc1ccon1. The molecular formula is C10H17N3O2.